The predicted octanol–water partition coefficient (Wildman–Crippen LogP) is 4.68. The molecule has 0 bridgehead atoms. The van der Waals surface area contributed by atoms with E-state index in [9.17, 15) is 4.39 Å². The standard InChI is InChI=1S/C20H18FN6S/c1-3-27(4-2)20-25-16-10-13(7-8-17(16)28-20)18-15(21)12-23-19(26-18)24-14-6-5-9-22-11-14/h5-8,10-12H,3-4H2,1-2H3,(H,23,24,26). The zero-order valence-corrected chi connectivity index (χ0v) is 16.3. The van der Waals surface area contributed by atoms with Gasteiger partial charge in [-0.1, -0.05) is 17.4 Å². The Morgan fingerprint density at radius 3 is 2.75 bits per heavy atom. The van der Waals surface area contributed by atoms with Crippen LogP contribution in [-0.2, 0) is 0 Å². The maximum atomic E-state index is 14.4. The highest BCUT2D eigenvalue weighted by atomic mass is 32.1. The number of fused-ring (bicyclic) bond motifs is 1. The number of thiazole rings is 1. The molecule has 0 saturated heterocycles. The third-order valence-electron chi connectivity index (χ3n) is 4.30. The van der Waals surface area contributed by atoms with Crippen LogP contribution in [0.25, 0.3) is 21.5 Å². The Morgan fingerprint density at radius 1 is 1.14 bits per heavy atom. The quantitative estimate of drug-likeness (QED) is 0.513. The molecule has 0 fully saturated rings. The Bertz CT molecular complexity index is 1090. The maximum absolute atomic E-state index is 14.4. The highest BCUT2D eigenvalue weighted by Crippen LogP contribution is 2.32. The number of rotatable bonds is 6. The lowest BCUT2D eigenvalue weighted by Crippen LogP contribution is -2.21. The van der Waals surface area contributed by atoms with Crippen molar-refractivity contribution in [3.8, 4) is 11.3 Å². The van der Waals surface area contributed by atoms with Crippen LogP contribution in [0.15, 0.2) is 42.7 Å². The van der Waals surface area contributed by atoms with Gasteiger partial charge in [-0.2, -0.15) is 0 Å². The second-order valence-electron chi connectivity index (χ2n) is 6.04. The van der Waals surface area contributed by atoms with Gasteiger partial charge in [0.1, 0.15) is 5.69 Å². The first-order chi connectivity index (χ1) is 13.7. The van der Waals surface area contributed by atoms with E-state index in [-0.39, 0.29) is 5.69 Å². The molecule has 1 aromatic carbocycles. The molecule has 0 atom stereocenters. The lowest BCUT2D eigenvalue weighted by Gasteiger charge is -2.16. The number of pyridine rings is 1. The van der Waals surface area contributed by atoms with Crippen molar-refractivity contribution >= 4 is 38.3 Å². The molecule has 3 heterocycles. The second-order valence-corrected chi connectivity index (χ2v) is 7.05. The van der Waals surface area contributed by atoms with Crippen molar-refractivity contribution in [2.45, 2.75) is 13.8 Å². The summed E-state index contributed by atoms with van der Waals surface area (Å²) in [6.07, 6.45) is 5.47. The number of nitrogens with zero attached hydrogens (tertiary/aromatic N) is 5. The average molecular weight is 393 g/mol. The van der Waals surface area contributed by atoms with E-state index in [1.54, 1.807) is 29.7 Å². The van der Waals surface area contributed by atoms with Crippen LogP contribution < -0.4 is 10.2 Å². The van der Waals surface area contributed by atoms with E-state index in [0.717, 1.165) is 28.4 Å². The summed E-state index contributed by atoms with van der Waals surface area (Å²) in [6.45, 7) is 5.99. The number of nitrogens with one attached hydrogen (secondary N) is 1. The molecule has 0 amide bonds. The van der Waals surface area contributed by atoms with E-state index in [1.807, 2.05) is 18.2 Å². The number of hydrogen-bond donors (Lipinski definition) is 1. The average Bonchev–Trinajstić information content (AvgIpc) is 3.14. The Labute approximate surface area is 166 Å². The summed E-state index contributed by atoms with van der Waals surface area (Å²) < 4.78 is 15.5. The Hall–Kier alpha value is -3.13. The highest BCUT2D eigenvalue weighted by Gasteiger charge is 2.14. The van der Waals surface area contributed by atoms with Crippen molar-refractivity contribution < 1.29 is 4.39 Å². The molecule has 3 aromatic heterocycles. The van der Waals surface area contributed by atoms with Crippen LogP contribution in [-0.4, -0.2) is 33.0 Å². The number of anilines is 3. The van der Waals surface area contributed by atoms with Gasteiger partial charge in [0.15, 0.2) is 10.9 Å². The summed E-state index contributed by atoms with van der Waals surface area (Å²) >= 11 is 1.63. The third-order valence-corrected chi connectivity index (χ3v) is 5.40. The summed E-state index contributed by atoms with van der Waals surface area (Å²) in [5, 5.41) is 3.99. The van der Waals surface area contributed by atoms with E-state index in [4.69, 9.17) is 4.98 Å². The molecule has 4 aromatic rings. The Morgan fingerprint density at radius 2 is 2.00 bits per heavy atom. The Kier molecular flexibility index (Phi) is 5.12. The Balaban J connectivity index is 1.69. The van der Waals surface area contributed by atoms with Crippen molar-refractivity contribution in [1.82, 2.24) is 19.9 Å². The predicted molar refractivity (Wildman–Crippen MR) is 111 cm³/mol. The van der Waals surface area contributed by atoms with Crippen LogP contribution in [0, 0.1) is 12.0 Å². The topological polar surface area (TPSA) is 66.8 Å². The van der Waals surface area contributed by atoms with Crippen LogP contribution in [0.2, 0.25) is 0 Å². The van der Waals surface area contributed by atoms with E-state index in [2.05, 4.69) is 45.2 Å². The molecular formula is C20H18FN6S. The largest absolute Gasteiger partial charge is 0.349 e. The second kappa shape index (κ2) is 7.85. The molecule has 1 radical (unpaired) electrons. The monoisotopic (exact) mass is 393 g/mol. The number of benzene rings is 1. The van der Waals surface area contributed by atoms with E-state index in [1.165, 1.54) is 6.20 Å². The van der Waals surface area contributed by atoms with Crippen LogP contribution in [0.3, 0.4) is 0 Å². The highest BCUT2D eigenvalue weighted by molar-refractivity contribution is 7.22. The SMILES string of the molecule is CCN(CC)c1nc2cc(-c3nc(Nc4cc[c]nc4)ncc3F)ccc2s1. The number of halogens is 1. The summed E-state index contributed by atoms with van der Waals surface area (Å²) in [5.41, 5.74) is 2.42. The van der Waals surface area contributed by atoms with Gasteiger partial charge in [-0.3, -0.25) is 4.98 Å². The van der Waals surface area contributed by atoms with E-state index < -0.39 is 5.82 Å². The fourth-order valence-corrected chi connectivity index (χ4v) is 3.92. The molecule has 28 heavy (non-hydrogen) atoms. The van der Waals surface area contributed by atoms with Crippen LogP contribution >= 0.6 is 11.3 Å². The summed E-state index contributed by atoms with van der Waals surface area (Å²) in [5.74, 6) is -0.185. The van der Waals surface area contributed by atoms with Gasteiger partial charge in [0.25, 0.3) is 0 Å². The van der Waals surface area contributed by atoms with E-state index >= 15 is 0 Å². The normalized spacial score (nSPS) is 11.0. The molecule has 0 aliphatic heterocycles. The summed E-state index contributed by atoms with van der Waals surface area (Å²) in [4.78, 5) is 19.2. The van der Waals surface area contributed by atoms with Crippen molar-refractivity contribution in [1.29, 1.82) is 0 Å². The number of aromatic nitrogens is 4. The molecule has 0 spiro atoms. The molecular weight excluding hydrogens is 375 g/mol. The number of hydrogen-bond acceptors (Lipinski definition) is 7. The lowest BCUT2D eigenvalue weighted by atomic mass is 10.1. The molecule has 141 valence electrons. The van der Waals surface area contributed by atoms with Gasteiger partial charge in [-0.15, -0.1) is 0 Å². The van der Waals surface area contributed by atoms with Gasteiger partial charge >= 0.3 is 0 Å². The molecule has 1 N–H and O–H groups in total. The van der Waals surface area contributed by atoms with Crippen molar-refractivity contribution in [2.24, 2.45) is 0 Å². The summed E-state index contributed by atoms with van der Waals surface area (Å²) in [7, 11) is 0. The fraction of sp³-hybridized carbons (Fsp3) is 0.200. The molecule has 0 saturated carbocycles. The smallest absolute Gasteiger partial charge is 0.227 e. The van der Waals surface area contributed by atoms with Crippen molar-refractivity contribution in [3.05, 3.63) is 54.7 Å². The minimum absolute atomic E-state index is 0.229. The van der Waals surface area contributed by atoms with Gasteiger partial charge < -0.3 is 10.2 Å². The van der Waals surface area contributed by atoms with Crippen LogP contribution in [0.1, 0.15) is 13.8 Å². The van der Waals surface area contributed by atoms with Gasteiger partial charge in [0.2, 0.25) is 5.95 Å². The lowest BCUT2D eigenvalue weighted by molar-refractivity contribution is 0.619. The van der Waals surface area contributed by atoms with Crippen LogP contribution in [0.5, 0.6) is 0 Å². The molecule has 8 heteroatoms. The van der Waals surface area contributed by atoms with Gasteiger partial charge in [-0.05, 0) is 38.1 Å². The third kappa shape index (κ3) is 3.63. The first kappa shape index (κ1) is 18.2. The van der Waals surface area contributed by atoms with Crippen molar-refractivity contribution in [2.75, 3.05) is 23.3 Å². The zero-order valence-electron chi connectivity index (χ0n) is 15.5. The molecule has 0 unspecified atom stereocenters. The van der Waals surface area contributed by atoms with Gasteiger partial charge in [-0.25, -0.2) is 19.3 Å². The van der Waals surface area contributed by atoms with Gasteiger partial charge in [0, 0.05) is 18.7 Å². The van der Waals surface area contributed by atoms with Crippen LogP contribution in [0.4, 0.5) is 21.2 Å². The zero-order chi connectivity index (χ0) is 19.5. The van der Waals surface area contributed by atoms with Gasteiger partial charge in [0.05, 0.1) is 34.5 Å². The molecule has 4 rings (SSSR count). The molecule has 0 aliphatic rings. The molecule has 6 nitrogen and oxygen atoms in total. The maximum Gasteiger partial charge on any atom is 0.227 e. The minimum atomic E-state index is -0.483. The molecule has 0 aliphatic carbocycles. The van der Waals surface area contributed by atoms with Crippen molar-refractivity contribution in [3.63, 3.8) is 0 Å². The fourth-order valence-electron chi connectivity index (χ4n) is 2.84. The first-order valence-electron chi connectivity index (χ1n) is 8.95. The van der Waals surface area contributed by atoms with E-state index in [0.29, 0.717) is 17.2 Å². The minimum Gasteiger partial charge on any atom is -0.349 e. The summed E-state index contributed by atoms with van der Waals surface area (Å²) in [6, 6.07) is 9.15. The first-order valence-corrected chi connectivity index (χ1v) is 9.77.